The summed E-state index contributed by atoms with van der Waals surface area (Å²) in [6, 6.07) is 12.9. The van der Waals surface area contributed by atoms with Crippen LogP contribution in [0.3, 0.4) is 0 Å². The number of hydrogen-bond donors (Lipinski definition) is 2. The zero-order valence-corrected chi connectivity index (χ0v) is 17.7. The lowest BCUT2D eigenvalue weighted by atomic mass is 10.1. The van der Waals surface area contributed by atoms with Crippen LogP contribution in [0.25, 0.3) is 0 Å². The minimum absolute atomic E-state index is 0.196. The highest BCUT2D eigenvalue weighted by molar-refractivity contribution is 7.97. The molecule has 0 bridgehead atoms. The second-order valence-corrected chi connectivity index (χ2v) is 7.81. The van der Waals surface area contributed by atoms with Crippen LogP contribution in [0.4, 0.5) is 10.1 Å². The Labute approximate surface area is 175 Å². The van der Waals surface area contributed by atoms with Gasteiger partial charge in [0.1, 0.15) is 5.82 Å². The zero-order chi connectivity index (χ0) is 20.6. The summed E-state index contributed by atoms with van der Waals surface area (Å²) in [5.74, 6) is 1.44. The van der Waals surface area contributed by atoms with Crippen molar-refractivity contribution in [2.75, 3.05) is 24.7 Å². The molecule has 2 aromatic carbocycles. The molecule has 0 aliphatic carbocycles. The van der Waals surface area contributed by atoms with E-state index >= 15 is 0 Å². The molecule has 2 aromatic rings. The third-order valence-electron chi connectivity index (χ3n) is 4.92. The van der Waals surface area contributed by atoms with Crippen LogP contribution in [-0.2, 0) is 23.6 Å². The number of guanidine groups is 1. The molecule has 3 rings (SSSR count). The van der Waals surface area contributed by atoms with E-state index in [2.05, 4.69) is 15.6 Å². The molecule has 0 aromatic heterocycles. The molecule has 0 radical (unpaired) electrons. The van der Waals surface area contributed by atoms with Crippen molar-refractivity contribution < 1.29 is 9.18 Å². The van der Waals surface area contributed by atoms with Crippen molar-refractivity contribution in [3.63, 3.8) is 0 Å². The highest BCUT2D eigenvalue weighted by Gasteiger charge is 2.21. The summed E-state index contributed by atoms with van der Waals surface area (Å²) in [7, 11) is 1.73. The number of amides is 1. The minimum atomic E-state index is -0.209. The van der Waals surface area contributed by atoms with Crippen molar-refractivity contribution in [1.82, 2.24) is 10.6 Å². The largest absolute Gasteiger partial charge is 0.352 e. The molecule has 0 spiro atoms. The number of hydrogen-bond acceptors (Lipinski definition) is 3. The number of nitrogens with zero attached hydrogens (tertiary/aromatic N) is 2. The van der Waals surface area contributed by atoms with E-state index < -0.39 is 0 Å². The smallest absolute Gasteiger partial charge is 0.227 e. The second kappa shape index (κ2) is 10.3. The van der Waals surface area contributed by atoms with Crippen LogP contribution < -0.4 is 15.5 Å². The fraction of sp³-hybridized carbons (Fsp3) is 0.364. The van der Waals surface area contributed by atoms with Crippen molar-refractivity contribution in [3.05, 3.63) is 65.0 Å². The van der Waals surface area contributed by atoms with Crippen molar-refractivity contribution >= 4 is 29.3 Å². The lowest BCUT2D eigenvalue weighted by molar-refractivity contribution is -0.117. The highest BCUT2D eigenvalue weighted by atomic mass is 32.2. The fourth-order valence-electron chi connectivity index (χ4n) is 3.36. The molecule has 2 N–H and O–H groups in total. The number of rotatable bonds is 7. The first kappa shape index (κ1) is 21.2. The summed E-state index contributed by atoms with van der Waals surface area (Å²) in [4.78, 5) is 18.0. The molecule has 1 heterocycles. The van der Waals surface area contributed by atoms with E-state index in [0.29, 0.717) is 25.5 Å². The second-order valence-electron chi connectivity index (χ2n) is 6.94. The lowest BCUT2D eigenvalue weighted by Gasteiger charge is -2.17. The number of anilines is 1. The van der Waals surface area contributed by atoms with Gasteiger partial charge in [0.05, 0.1) is 0 Å². The van der Waals surface area contributed by atoms with Crippen LogP contribution in [0, 0.1) is 5.82 Å². The van der Waals surface area contributed by atoms with E-state index in [4.69, 9.17) is 0 Å². The number of aliphatic imine (C=N–C) groups is 1. The molecule has 1 aliphatic heterocycles. The zero-order valence-electron chi connectivity index (χ0n) is 16.9. The Hall–Kier alpha value is -2.54. The number of carbonyl (C=O) groups is 1. The Morgan fingerprint density at radius 2 is 1.90 bits per heavy atom. The summed E-state index contributed by atoms with van der Waals surface area (Å²) in [5, 5.41) is 6.59. The van der Waals surface area contributed by atoms with Crippen LogP contribution in [0.5, 0.6) is 0 Å². The molecule has 1 amide bonds. The van der Waals surface area contributed by atoms with Crippen molar-refractivity contribution in [2.45, 2.75) is 31.7 Å². The molecule has 7 heteroatoms. The molecule has 154 valence electrons. The molecular formula is C22H27FN4OS. The molecule has 1 saturated heterocycles. The predicted octanol–water partition coefficient (Wildman–Crippen LogP) is 3.68. The molecule has 1 fully saturated rings. The first-order valence-corrected chi connectivity index (χ1v) is 11.1. The van der Waals surface area contributed by atoms with E-state index in [1.54, 1.807) is 24.9 Å². The standard InChI is InChI=1S/C22H27FN4OS/c1-24-22(26-14-17-7-8-19(23)12-18(17)15-29-2)25-13-16-5-9-20(10-6-16)27-11-3-4-21(27)28/h5-10,12H,3-4,11,13-15H2,1-2H3,(H2,24,25,26). The average molecular weight is 415 g/mol. The maximum Gasteiger partial charge on any atom is 0.227 e. The van der Waals surface area contributed by atoms with Gasteiger partial charge in [-0.1, -0.05) is 18.2 Å². The Bertz CT molecular complexity index is 870. The summed E-state index contributed by atoms with van der Waals surface area (Å²) in [5.41, 5.74) is 4.11. The van der Waals surface area contributed by atoms with Gasteiger partial charge in [-0.05, 0) is 53.6 Å². The lowest BCUT2D eigenvalue weighted by Crippen LogP contribution is -2.36. The Kier molecular flexibility index (Phi) is 7.52. The molecule has 0 atom stereocenters. The third kappa shape index (κ3) is 5.73. The number of carbonyl (C=O) groups excluding carboxylic acids is 1. The highest BCUT2D eigenvalue weighted by Crippen LogP contribution is 2.21. The topological polar surface area (TPSA) is 56.7 Å². The van der Waals surface area contributed by atoms with Crippen LogP contribution in [-0.4, -0.2) is 31.7 Å². The quantitative estimate of drug-likeness (QED) is 0.536. The van der Waals surface area contributed by atoms with Gasteiger partial charge in [0.2, 0.25) is 5.91 Å². The normalized spacial score (nSPS) is 14.4. The molecule has 0 unspecified atom stereocenters. The van der Waals surface area contributed by atoms with Gasteiger partial charge >= 0.3 is 0 Å². The van der Waals surface area contributed by atoms with Crippen LogP contribution >= 0.6 is 11.8 Å². The number of thioether (sulfide) groups is 1. The molecule has 0 saturated carbocycles. The number of benzene rings is 2. The van der Waals surface area contributed by atoms with Gasteiger partial charge in [0, 0.05) is 44.5 Å². The van der Waals surface area contributed by atoms with Gasteiger partial charge in [-0.15, -0.1) is 0 Å². The van der Waals surface area contributed by atoms with Crippen molar-refractivity contribution in [1.29, 1.82) is 0 Å². The Morgan fingerprint density at radius 1 is 1.14 bits per heavy atom. The van der Waals surface area contributed by atoms with Gasteiger partial charge in [-0.2, -0.15) is 11.8 Å². The van der Waals surface area contributed by atoms with E-state index in [0.717, 1.165) is 41.1 Å². The van der Waals surface area contributed by atoms with E-state index in [-0.39, 0.29) is 11.7 Å². The maximum absolute atomic E-state index is 13.5. The minimum Gasteiger partial charge on any atom is -0.352 e. The summed E-state index contributed by atoms with van der Waals surface area (Å²) < 4.78 is 13.5. The van der Waals surface area contributed by atoms with Crippen LogP contribution in [0.2, 0.25) is 0 Å². The predicted molar refractivity (Wildman–Crippen MR) is 119 cm³/mol. The number of halogens is 1. The Morgan fingerprint density at radius 3 is 2.55 bits per heavy atom. The van der Waals surface area contributed by atoms with Crippen LogP contribution in [0.1, 0.15) is 29.5 Å². The fourth-order valence-corrected chi connectivity index (χ4v) is 3.94. The first-order chi connectivity index (χ1) is 14.1. The maximum atomic E-state index is 13.5. The van der Waals surface area contributed by atoms with Gasteiger partial charge in [0.15, 0.2) is 5.96 Å². The number of nitrogens with one attached hydrogen (secondary N) is 2. The summed E-state index contributed by atoms with van der Waals surface area (Å²) in [6.45, 7) is 2.00. The third-order valence-corrected chi connectivity index (χ3v) is 5.52. The summed E-state index contributed by atoms with van der Waals surface area (Å²) in [6.07, 6.45) is 3.57. The van der Waals surface area contributed by atoms with Gasteiger partial charge in [0.25, 0.3) is 0 Å². The van der Waals surface area contributed by atoms with Gasteiger partial charge in [-0.3, -0.25) is 9.79 Å². The SMILES string of the molecule is CN=C(NCc1ccc(N2CCCC2=O)cc1)NCc1ccc(F)cc1CSC. The van der Waals surface area contributed by atoms with Crippen molar-refractivity contribution in [2.24, 2.45) is 4.99 Å². The molecular weight excluding hydrogens is 387 g/mol. The molecule has 1 aliphatic rings. The van der Waals surface area contributed by atoms with Gasteiger partial charge < -0.3 is 15.5 Å². The van der Waals surface area contributed by atoms with Crippen molar-refractivity contribution in [3.8, 4) is 0 Å². The molecule has 29 heavy (non-hydrogen) atoms. The van der Waals surface area contributed by atoms with E-state index in [1.807, 2.05) is 41.5 Å². The van der Waals surface area contributed by atoms with Gasteiger partial charge in [-0.25, -0.2) is 4.39 Å². The van der Waals surface area contributed by atoms with E-state index in [1.165, 1.54) is 6.07 Å². The Balaban J connectivity index is 1.54. The van der Waals surface area contributed by atoms with E-state index in [9.17, 15) is 9.18 Å². The van der Waals surface area contributed by atoms with Crippen LogP contribution in [0.15, 0.2) is 47.5 Å². The first-order valence-electron chi connectivity index (χ1n) is 9.71. The molecule has 5 nitrogen and oxygen atoms in total. The monoisotopic (exact) mass is 414 g/mol. The summed E-state index contributed by atoms with van der Waals surface area (Å²) >= 11 is 1.67. The average Bonchev–Trinajstić information content (AvgIpc) is 3.16.